The third kappa shape index (κ3) is 2.86. The quantitative estimate of drug-likeness (QED) is 0.858. The maximum atomic E-state index is 12.0. The second-order valence-electron chi connectivity index (χ2n) is 5.32. The van der Waals surface area contributed by atoms with Crippen LogP contribution in [-0.2, 0) is 19.5 Å². The molecule has 2 aromatic rings. The smallest absolute Gasteiger partial charge is 0.255 e. The lowest BCUT2D eigenvalue weighted by molar-refractivity contribution is 0.241. The van der Waals surface area contributed by atoms with Crippen LogP contribution in [0.25, 0.3) is 4.85 Å². The van der Waals surface area contributed by atoms with Gasteiger partial charge in [-0.25, -0.2) is 9.83 Å². The van der Waals surface area contributed by atoms with Crippen molar-refractivity contribution in [2.24, 2.45) is 0 Å². The highest BCUT2D eigenvalue weighted by Crippen LogP contribution is 2.19. The number of aromatic amines is 1. The SMILES string of the molecule is [C-]#[N+]c1cccc(CN2CCc3nc(C)[nH]c(=O)c3C2)c1. The molecule has 0 radical (unpaired) electrons. The van der Waals surface area contributed by atoms with Crippen LogP contribution >= 0.6 is 0 Å². The first-order chi connectivity index (χ1) is 10.2. The molecule has 1 aromatic carbocycles. The van der Waals surface area contributed by atoms with Crippen LogP contribution in [0.15, 0.2) is 29.1 Å². The van der Waals surface area contributed by atoms with Crippen molar-refractivity contribution in [1.29, 1.82) is 0 Å². The van der Waals surface area contributed by atoms with Gasteiger partial charge < -0.3 is 4.98 Å². The van der Waals surface area contributed by atoms with Crippen LogP contribution in [0.2, 0.25) is 0 Å². The summed E-state index contributed by atoms with van der Waals surface area (Å²) in [6.45, 7) is 11.1. The maximum absolute atomic E-state index is 12.0. The first-order valence-electron chi connectivity index (χ1n) is 6.93. The van der Waals surface area contributed by atoms with E-state index in [1.165, 1.54) is 0 Å². The van der Waals surface area contributed by atoms with Crippen LogP contribution in [0.4, 0.5) is 5.69 Å². The average Bonchev–Trinajstić information content (AvgIpc) is 2.48. The van der Waals surface area contributed by atoms with Gasteiger partial charge in [-0.3, -0.25) is 9.69 Å². The fourth-order valence-corrected chi connectivity index (χ4v) is 2.72. The summed E-state index contributed by atoms with van der Waals surface area (Å²) in [5.41, 5.74) is 3.41. The maximum Gasteiger partial charge on any atom is 0.255 e. The van der Waals surface area contributed by atoms with Crippen molar-refractivity contribution in [3.05, 3.63) is 68.7 Å². The van der Waals surface area contributed by atoms with Gasteiger partial charge in [-0.1, -0.05) is 24.3 Å². The van der Waals surface area contributed by atoms with Gasteiger partial charge in [0.1, 0.15) is 5.82 Å². The van der Waals surface area contributed by atoms with Gasteiger partial charge >= 0.3 is 0 Å². The summed E-state index contributed by atoms with van der Waals surface area (Å²) in [7, 11) is 0. The molecule has 0 saturated heterocycles. The molecule has 0 unspecified atom stereocenters. The number of nitrogens with one attached hydrogen (secondary N) is 1. The molecule has 21 heavy (non-hydrogen) atoms. The van der Waals surface area contributed by atoms with E-state index in [-0.39, 0.29) is 5.56 Å². The average molecular weight is 280 g/mol. The zero-order chi connectivity index (χ0) is 14.8. The molecule has 1 aromatic heterocycles. The lowest BCUT2D eigenvalue weighted by Crippen LogP contribution is -2.35. The second kappa shape index (κ2) is 5.51. The number of hydrogen-bond donors (Lipinski definition) is 1. The van der Waals surface area contributed by atoms with E-state index in [1.807, 2.05) is 25.1 Å². The second-order valence-corrected chi connectivity index (χ2v) is 5.32. The zero-order valence-electron chi connectivity index (χ0n) is 11.9. The first-order valence-corrected chi connectivity index (χ1v) is 6.93. The highest BCUT2D eigenvalue weighted by atomic mass is 16.1. The molecule has 5 nitrogen and oxygen atoms in total. The number of nitrogens with zero attached hydrogens (tertiary/aromatic N) is 3. The Morgan fingerprint density at radius 2 is 2.33 bits per heavy atom. The van der Waals surface area contributed by atoms with E-state index >= 15 is 0 Å². The topological polar surface area (TPSA) is 53.4 Å². The first kappa shape index (κ1) is 13.5. The number of hydrogen-bond acceptors (Lipinski definition) is 3. The van der Waals surface area contributed by atoms with Gasteiger partial charge in [-0.05, 0) is 12.5 Å². The lowest BCUT2D eigenvalue weighted by atomic mass is 10.1. The van der Waals surface area contributed by atoms with Gasteiger partial charge in [0.05, 0.1) is 17.8 Å². The molecule has 0 atom stereocenters. The normalized spacial score (nSPS) is 14.5. The third-order valence-corrected chi connectivity index (χ3v) is 3.71. The molecule has 1 aliphatic rings. The number of H-pyrrole nitrogens is 1. The molecule has 5 heteroatoms. The number of aryl methyl sites for hydroxylation is 1. The molecule has 1 N–H and O–H groups in total. The van der Waals surface area contributed by atoms with Gasteiger partial charge in [0, 0.05) is 26.1 Å². The fourth-order valence-electron chi connectivity index (χ4n) is 2.72. The molecule has 0 amide bonds. The van der Waals surface area contributed by atoms with Crippen LogP contribution in [0.1, 0.15) is 22.6 Å². The largest absolute Gasteiger partial charge is 0.310 e. The van der Waals surface area contributed by atoms with E-state index in [1.54, 1.807) is 6.07 Å². The number of aromatic nitrogens is 2. The zero-order valence-corrected chi connectivity index (χ0v) is 11.9. The lowest BCUT2D eigenvalue weighted by Gasteiger charge is -2.27. The number of benzene rings is 1. The van der Waals surface area contributed by atoms with Crippen molar-refractivity contribution >= 4 is 5.69 Å². The summed E-state index contributed by atoms with van der Waals surface area (Å²) in [6.07, 6.45) is 0.794. The van der Waals surface area contributed by atoms with Gasteiger partial charge in [-0.15, -0.1) is 0 Å². The minimum Gasteiger partial charge on any atom is -0.310 e. The summed E-state index contributed by atoms with van der Waals surface area (Å²) >= 11 is 0. The molecule has 106 valence electrons. The van der Waals surface area contributed by atoms with E-state index < -0.39 is 0 Å². The Morgan fingerprint density at radius 3 is 3.14 bits per heavy atom. The monoisotopic (exact) mass is 280 g/mol. The Labute approximate surface area is 123 Å². The summed E-state index contributed by atoms with van der Waals surface area (Å²) in [6, 6.07) is 7.62. The van der Waals surface area contributed by atoms with Crippen LogP contribution in [-0.4, -0.2) is 21.4 Å². The van der Waals surface area contributed by atoms with Crippen molar-refractivity contribution in [2.75, 3.05) is 6.54 Å². The molecule has 0 spiro atoms. The Kier molecular flexibility index (Phi) is 3.55. The Hall–Kier alpha value is -2.45. The van der Waals surface area contributed by atoms with Crippen molar-refractivity contribution in [3.8, 4) is 0 Å². The standard InChI is InChI=1S/C16H16N4O/c1-11-18-15-6-7-20(10-14(15)16(21)19-11)9-12-4-3-5-13(8-12)17-2/h3-5,8H,6-7,9-10H2,1H3,(H,18,19,21). The molecule has 1 aliphatic heterocycles. The number of rotatable bonds is 2. The van der Waals surface area contributed by atoms with E-state index in [0.29, 0.717) is 18.1 Å². The van der Waals surface area contributed by atoms with Gasteiger partial charge in [0.2, 0.25) is 0 Å². The third-order valence-electron chi connectivity index (χ3n) is 3.71. The van der Waals surface area contributed by atoms with Crippen LogP contribution in [0.5, 0.6) is 0 Å². The summed E-state index contributed by atoms with van der Waals surface area (Å²) < 4.78 is 0. The van der Waals surface area contributed by atoms with E-state index in [2.05, 4.69) is 19.7 Å². The summed E-state index contributed by atoms with van der Waals surface area (Å²) in [5.74, 6) is 0.678. The molecule has 0 fully saturated rings. The molecule has 0 aliphatic carbocycles. The molecule has 2 heterocycles. The predicted octanol–water partition coefficient (Wildman–Crippen LogP) is 2.19. The molecule has 3 rings (SSSR count). The molecular weight excluding hydrogens is 264 g/mol. The highest BCUT2D eigenvalue weighted by Gasteiger charge is 2.20. The Balaban J connectivity index is 1.80. The van der Waals surface area contributed by atoms with E-state index in [4.69, 9.17) is 6.57 Å². The van der Waals surface area contributed by atoms with Crippen LogP contribution in [0.3, 0.4) is 0 Å². The summed E-state index contributed by atoms with van der Waals surface area (Å²) in [5, 5.41) is 0. The van der Waals surface area contributed by atoms with Crippen molar-refractivity contribution in [1.82, 2.24) is 14.9 Å². The summed E-state index contributed by atoms with van der Waals surface area (Å²) in [4.78, 5) is 24.9. The Morgan fingerprint density at radius 1 is 1.48 bits per heavy atom. The van der Waals surface area contributed by atoms with Gasteiger partial charge in [0.15, 0.2) is 5.69 Å². The van der Waals surface area contributed by atoms with Crippen LogP contribution in [0, 0.1) is 13.5 Å². The van der Waals surface area contributed by atoms with Crippen molar-refractivity contribution in [2.45, 2.75) is 26.4 Å². The van der Waals surface area contributed by atoms with E-state index in [9.17, 15) is 4.79 Å². The van der Waals surface area contributed by atoms with Crippen molar-refractivity contribution < 1.29 is 0 Å². The molecule has 0 bridgehead atoms. The predicted molar refractivity (Wildman–Crippen MR) is 80.1 cm³/mol. The fraction of sp³-hybridized carbons (Fsp3) is 0.312. The van der Waals surface area contributed by atoms with Crippen LogP contribution < -0.4 is 5.56 Å². The molecular formula is C16H16N4O. The van der Waals surface area contributed by atoms with E-state index in [0.717, 1.165) is 36.3 Å². The molecule has 0 saturated carbocycles. The van der Waals surface area contributed by atoms with Gasteiger partial charge in [0.25, 0.3) is 5.56 Å². The minimum absolute atomic E-state index is 0.0305. The number of fused-ring (bicyclic) bond motifs is 1. The highest BCUT2D eigenvalue weighted by molar-refractivity contribution is 5.46. The minimum atomic E-state index is -0.0305. The Bertz CT molecular complexity index is 773. The van der Waals surface area contributed by atoms with Crippen molar-refractivity contribution in [3.63, 3.8) is 0 Å². The van der Waals surface area contributed by atoms with Gasteiger partial charge in [-0.2, -0.15) is 0 Å².